The van der Waals surface area contributed by atoms with Crippen molar-refractivity contribution in [3.63, 3.8) is 0 Å². The summed E-state index contributed by atoms with van der Waals surface area (Å²) >= 11 is 0. The Morgan fingerprint density at radius 1 is 0.897 bits per heavy atom. The van der Waals surface area contributed by atoms with Gasteiger partial charge >= 0.3 is 0 Å². The number of ketones is 1. The van der Waals surface area contributed by atoms with Crippen LogP contribution in [0.2, 0.25) is 0 Å². The number of piperazine rings is 1. The number of benzene rings is 2. The Labute approximate surface area is 168 Å². The van der Waals surface area contributed by atoms with Gasteiger partial charge in [0.1, 0.15) is 0 Å². The number of nitro benzene ring substituents is 1. The molecule has 8 nitrogen and oxygen atoms in total. The van der Waals surface area contributed by atoms with Crippen molar-refractivity contribution in [1.82, 2.24) is 9.80 Å². The fourth-order valence-corrected chi connectivity index (χ4v) is 3.88. The minimum atomic E-state index is -0.670. The zero-order chi connectivity index (χ0) is 20.4. The van der Waals surface area contributed by atoms with Gasteiger partial charge < -0.3 is 4.90 Å². The standard InChI is InChI=1S/C21H22N4O4/c26-20-18-14-17(25(28)29)6-7-19(18)24(21(20)27)13-12-22-8-10-23(11-9-22)15-16-4-2-1-3-5-16/h1-7,14H,8-13,15H2. The predicted molar refractivity (Wildman–Crippen MR) is 108 cm³/mol. The summed E-state index contributed by atoms with van der Waals surface area (Å²) in [4.78, 5) is 41.1. The fourth-order valence-electron chi connectivity index (χ4n) is 3.88. The molecule has 0 aliphatic carbocycles. The lowest BCUT2D eigenvalue weighted by Crippen LogP contribution is -2.48. The summed E-state index contributed by atoms with van der Waals surface area (Å²) < 4.78 is 0. The monoisotopic (exact) mass is 394 g/mol. The highest BCUT2D eigenvalue weighted by molar-refractivity contribution is 6.52. The number of fused-ring (bicyclic) bond motifs is 1. The number of carbonyl (C=O) groups excluding carboxylic acids is 2. The first-order valence-corrected chi connectivity index (χ1v) is 9.66. The third-order valence-electron chi connectivity index (χ3n) is 5.52. The number of amides is 1. The maximum atomic E-state index is 12.4. The Bertz CT molecular complexity index is 939. The Hall–Kier alpha value is -3.10. The van der Waals surface area contributed by atoms with Crippen molar-refractivity contribution in [2.75, 3.05) is 44.2 Å². The predicted octanol–water partition coefficient (Wildman–Crippen LogP) is 1.94. The van der Waals surface area contributed by atoms with Crippen LogP contribution in [0.15, 0.2) is 48.5 Å². The quantitative estimate of drug-likeness (QED) is 0.423. The first-order valence-electron chi connectivity index (χ1n) is 9.66. The number of hydrogen-bond acceptors (Lipinski definition) is 6. The minimum Gasteiger partial charge on any atom is -0.303 e. The van der Waals surface area contributed by atoms with Gasteiger partial charge in [0.25, 0.3) is 17.4 Å². The normalized spacial score (nSPS) is 17.6. The second-order valence-electron chi connectivity index (χ2n) is 7.35. The molecule has 2 aromatic rings. The van der Waals surface area contributed by atoms with Gasteiger partial charge in [0.05, 0.1) is 16.2 Å². The summed E-state index contributed by atoms with van der Waals surface area (Å²) in [6.07, 6.45) is 0. The lowest BCUT2D eigenvalue weighted by atomic mass is 10.1. The summed E-state index contributed by atoms with van der Waals surface area (Å²) in [5.41, 5.74) is 1.71. The number of hydrogen-bond donors (Lipinski definition) is 0. The van der Waals surface area contributed by atoms with Gasteiger partial charge in [-0.05, 0) is 11.6 Å². The number of nitrogens with zero attached hydrogens (tertiary/aromatic N) is 4. The maximum absolute atomic E-state index is 12.4. The van der Waals surface area contributed by atoms with E-state index in [1.54, 1.807) is 0 Å². The van der Waals surface area contributed by atoms with E-state index in [0.29, 0.717) is 18.8 Å². The lowest BCUT2D eigenvalue weighted by molar-refractivity contribution is -0.384. The number of nitro groups is 1. The third kappa shape index (κ3) is 4.03. The first-order chi connectivity index (χ1) is 14.0. The second-order valence-corrected chi connectivity index (χ2v) is 7.35. The van der Waals surface area contributed by atoms with Gasteiger partial charge in [0, 0.05) is 57.9 Å². The van der Waals surface area contributed by atoms with E-state index in [1.165, 1.54) is 28.7 Å². The minimum absolute atomic E-state index is 0.122. The number of carbonyl (C=O) groups is 2. The number of non-ortho nitro benzene ring substituents is 1. The zero-order valence-corrected chi connectivity index (χ0v) is 16.0. The Balaban J connectivity index is 1.33. The van der Waals surface area contributed by atoms with Crippen LogP contribution < -0.4 is 4.90 Å². The van der Waals surface area contributed by atoms with Gasteiger partial charge in [-0.15, -0.1) is 0 Å². The van der Waals surface area contributed by atoms with E-state index in [-0.39, 0.29) is 11.3 Å². The maximum Gasteiger partial charge on any atom is 0.299 e. The van der Waals surface area contributed by atoms with Crippen LogP contribution in [0.3, 0.4) is 0 Å². The van der Waals surface area contributed by atoms with Crippen molar-refractivity contribution in [3.05, 3.63) is 69.8 Å². The average Bonchev–Trinajstić information content (AvgIpc) is 2.98. The second kappa shape index (κ2) is 8.10. The largest absolute Gasteiger partial charge is 0.303 e. The molecule has 2 aliphatic rings. The van der Waals surface area contributed by atoms with Gasteiger partial charge in [-0.25, -0.2) is 0 Å². The topological polar surface area (TPSA) is 87.0 Å². The summed E-state index contributed by atoms with van der Waals surface area (Å²) in [5.74, 6) is -1.28. The fraction of sp³-hybridized carbons (Fsp3) is 0.333. The van der Waals surface area contributed by atoms with Crippen LogP contribution in [-0.4, -0.2) is 65.7 Å². The third-order valence-corrected chi connectivity index (χ3v) is 5.52. The van der Waals surface area contributed by atoms with Gasteiger partial charge in [-0.2, -0.15) is 0 Å². The molecule has 0 atom stereocenters. The van der Waals surface area contributed by atoms with E-state index >= 15 is 0 Å². The van der Waals surface area contributed by atoms with E-state index in [9.17, 15) is 19.7 Å². The molecule has 2 aromatic carbocycles. The summed E-state index contributed by atoms with van der Waals surface area (Å²) in [6, 6.07) is 14.4. The molecule has 0 unspecified atom stereocenters. The average molecular weight is 394 g/mol. The van der Waals surface area contributed by atoms with E-state index in [1.807, 2.05) is 18.2 Å². The lowest BCUT2D eigenvalue weighted by Gasteiger charge is -2.35. The zero-order valence-electron chi connectivity index (χ0n) is 16.0. The highest BCUT2D eigenvalue weighted by atomic mass is 16.6. The molecule has 1 fully saturated rings. The molecule has 0 spiro atoms. The van der Waals surface area contributed by atoms with Crippen molar-refractivity contribution in [1.29, 1.82) is 0 Å². The molecule has 2 aliphatic heterocycles. The van der Waals surface area contributed by atoms with Crippen molar-refractivity contribution in [2.45, 2.75) is 6.54 Å². The van der Waals surface area contributed by atoms with E-state index in [2.05, 4.69) is 21.9 Å². The van der Waals surface area contributed by atoms with Crippen LogP contribution in [0.25, 0.3) is 0 Å². The van der Waals surface area contributed by atoms with Crippen LogP contribution in [0.1, 0.15) is 15.9 Å². The molecule has 0 aromatic heterocycles. The van der Waals surface area contributed by atoms with Crippen molar-refractivity contribution in [2.24, 2.45) is 0 Å². The summed E-state index contributed by atoms with van der Waals surface area (Å²) in [6.45, 7) is 5.68. The van der Waals surface area contributed by atoms with E-state index < -0.39 is 16.6 Å². The number of rotatable bonds is 6. The van der Waals surface area contributed by atoms with E-state index in [0.717, 1.165) is 32.7 Å². The van der Waals surface area contributed by atoms with Gasteiger partial charge in [0.15, 0.2) is 0 Å². The molecule has 0 bridgehead atoms. The van der Waals surface area contributed by atoms with Gasteiger partial charge in [-0.1, -0.05) is 30.3 Å². The van der Waals surface area contributed by atoms with Crippen LogP contribution in [0.5, 0.6) is 0 Å². The molecule has 29 heavy (non-hydrogen) atoms. The Kier molecular flexibility index (Phi) is 5.37. The first kappa shape index (κ1) is 19.2. The number of Topliss-reactive ketones (excluding diaryl/α,β-unsaturated/α-hetero) is 1. The molecule has 0 saturated carbocycles. The molecular weight excluding hydrogens is 372 g/mol. The van der Waals surface area contributed by atoms with Crippen molar-refractivity contribution >= 4 is 23.1 Å². The van der Waals surface area contributed by atoms with Gasteiger partial charge in [-0.3, -0.25) is 29.5 Å². The smallest absolute Gasteiger partial charge is 0.299 e. The highest BCUT2D eigenvalue weighted by Crippen LogP contribution is 2.31. The van der Waals surface area contributed by atoms with Crippen molar-refractivity contribution < 1.29 is 14.5 Å². The van der Waals surface area contributed by atoms with Crippen LogP contribution >= 0.6 is 0 Å². The Morgan fingerprint density at radius 2 is 1.59 bits per heavy atom. The van der Waals surface area contributed by atoms with Crippen LogP contribution in [0, 0.1) is 10.1 Å². The molecule has 150 valence electrons. The summed E-state index contributed by atoms with van der Waals surface area (Å²) in [5, 5.41) is 10.9. The molecule has 1 saturated heterocycles. The molecule has 1 amide bonds. The van der Waals surface area contributed by atoms with E-state index in [4.69, 9.17) is 0 Å². The Morgan fingerprint density at radius 3 is 2.28 bits per heavy atom. The van der Waals surface area contributed by atoms with Gasteiger partial charge in [0.2, 0.25) is 0 Å². The molecule has 0 N–H and O–H groups in total. The molecule has 0 radical (unpaired) electrons. The van der Waals surface area contributed by atoms with Crippen LogP contribution in [0.4, 0.5) is 11.4 Å². The summed E-state index contributed by atoms with van der Waals surface area (Å²) in [7, 11) is 0. The molecule has 8 heteroatoms. The molecule has 4 rings (SSSR count). The molecule has 2 heterocycles. The molecular formula is C21H22N4O4. The number of anilines is 1. The van der Waals surface area contributed by atoms with Crippen LogP contribution in [-0.2, 0) is 11.3 Å². The highest BCUT2D eigenvalue weighted by Gasteiger charge is 2.37. The van der Waals surface area contributed by atoms with Crippen molar-refractivity contribution in [3.8, 4) is 0 Å². The SMILES string of the molecule is O=C1C(=O)N(CCN2CCN(Cc3ccccc3)CC2)c2ccc([N+](=O)[O-])cc21.